The monoisotopic (exact) mass is 626 g/mol. The summed E-state index contributed by atoms with van der Waals surface area (Å²) in [7, 11) is 0.948. The molecule has 3 rings (SSSR count). The summed E-state index contributed by atoms with van der Waals surface area (Å²) in [6.07, 6.45) is -10.9. The van der Waals surface area contributed by atoms with E-state index >= 15 is 0 Å². The zero-order valence-electron chi connectivity index (χ0n) is 21.3. The Morgan fingerprint density at radius 3 is 2.16 bits per heavy atom. The van der Waals surface area contributed by atoms with E-state index in [2.05, 4.69) is 9.47 Å². The molecule has 2 aromatic rings. The van der Waals surface area contributed by atoms with E-state index in [1.165, 1.54) is 0 Å². The summed E-state index contributed by atoms with van der Waals surface area (Å²) in [6.45, 7) is -1.85. The Bertz CT molecular complexity index is 1400. The molecule has 1 aliphatic rings. The van der Waals surface area contributed by atoms with Crippen LogP contribution in [0.5, 0.6) is 11.5 Å². The summed E-state index contributed by atoms with van der Waals surface area (Å²) in [5, 5.41) is 43.4. The van der Waals surface area contributed by atoms with Gasteiger partial charge in [0, 0.05) is 6.07 Å². The fourth-order valence-electron chi connectivity index (χ4n) is 3.44. The molecule has 0 unspecified atom stereocenters. The molecule has 1 saturated heterocycles. The van der Waals surface area contributed by atoms with Crippen LogP contribution in [-0.4, -0.2) is 82.6 Å². The standard InChI is InChI=1S/C23H19F5N2O13/c1-39-21(35)20-17(33)16(32)18(34)22(43-20)41-9-3-2-7(4-8(9)30(37)38)6-40-23(36)29-5-10(31)42-19-14(27)12(25)11(24)13(26)15(19)28/h2-4,16-18,20,22,32-34H,5-6H2,1H3,(H,29,36)/t16-,17-,18+,20-,22+/m0/s1. The number of aliphatic hydroxyl groups excluding tert-OH is 3. The van der Waals surface area contributed by atoms with Crippen molar-refractivity contribution in [1.82, 2.24) is 5.32 Å². The number of esters is 2. The first-order valence-electron chi connectivity index (χ1n) is 11.5. The molecule has 15 nitrogen and oxygen atoms in total. The molecule has 0 spiro atoms. The van der Waals surface area contributed by atoms with Crippen molar-refractivity contribution >= 4 is 23.7 Å². The number of halogens is 5. The number of carbonyl (C=O) groups is 3. The second-order valence-corrected chi connectivity index (χ2v) is 8.40. The highest BCUT2D eigenvalue weighted by Crippen LogP contribution is 2.33. The van der Waals surface area contributed by atoms with Crippen molar-refractivity contribution in [3.63, 3.8) is 0 Å². The van der Waals surface area contributed by atoms with Crippen LogP contribution in [0, 0.1) is 39.2 Å². The van der Waals surface area contributed by atoms with Crippen LogP contribution in [0.2, 0.25) is 0 Å². The fraction of sp³-hybridized carbons (Fsp3) is 0.348. The fourth-order valence-corrected chi connectivity index (χ4v) is 3.44. The molecule has 2 aromatic carbocycles. The zero-order valence-corrected chi connectivity index (χ0v) is 21.3. The molecule has 4 N–H and O–H groups in total. The summed E-state index contributed by atoms with van der Waals surface area (Å²) in [5.41, 5.74) is -0.829. The van der Waals surface area contributed by atoms with Gasteiger partial charge in [0.2, 0.25) is 41.1 Å². The van der Waals surface area contributed by atoms with Gasteiger partial charge < -0.3 is 44.3 Å². The number of ether oxygens (including phenoxy) is 5. The van der Waals surface area contributed by atoms with E-state index in [0.717, 1.165) is 25.3 Å². The molecule has 1 amide bonds. The Labute approximate surface area is 235 Å². The van der Waals surface area contributed by atoms with Gasteiger partial charge in [-0.15, -0.1) is 0 Å². The Kier molecular flexibility index (Phi) is 10.3. The summed E-state index contributed by atoms with van der Waals surface area (Å²) in [6, 6.07) is 2.94. The molecular weight excluding hydrogens is 607 g/mol. The summed E-state index contributed by atoms with van der Waals surface area (Å²) >= 11 is 0. The molecule has 5 atom stereocenters. The van der Waals surface area contributed by atoms with E-state index < -0.39 is 113 Å². The van der Waals surface area contributed by atoms with Gasteiger partial charge in [0.15, 0.2) is 11.9 Å². The topological polar surface area (TPSA) is 213 Å². The van der Waals surface area contributed by atoms with E-state index in [4.69, 9.17) is 14.2 Å². The highest BCUT2D eigenvalue weighted by Gasteiger charge is 2.49. The van der Waals surface area contributed by atoms with Crippen LogP contribution in [-0.2, 0) is 30.4 Å². The van der Waals surface area contributed by atoms with Crippen molar-refractivity contribution < 1.29 is 80.3 Å². The molecule has 43 heavy (non-hydrogen) atoms. The van der Waals surface area contributed by atoms with Crippen molar-refractivity contribution in [2.24, 2.45) is 0 Å². The van der Waals surface area contributed by atoms with Gasteiger partial charge in [0.25, 0.3) is 0 Å². The number of rotatable bonds is 9. The van der Waals surface area contributed by atoms with Crippen LogP contribution in [0.3, 0.4) is 0 Å². The first-order chi connectivity index (χ1) is 20.2. The van der Waals surface area contributed by atoms with E-state index in [0.29, 0.717) is 0 Å². The normalized spacial score (nSPS) is 21.5. The van der Waals surface area contributed by atoms with Crippen molar-refractivity contribution in [3.8, 4) is 11.5 Å². The van der Waals surface area contributed by atoms with Crippen molar-refractivity contribution in [2.45, 2.75) is 37.3 Å². The maximum absolute atomic E-state index is 13.6. The highest BCUT2D eigenvalue weighted by molar-refractivity contribution is 5.79. The number of methoxy groups -OCH3 is 1. The van der Waals surface area contributed by atoms with Gasteiger partial charge in [-0.05, 0) is 11.6 Å². The maximum atomic E-state index is 13.6. The minimum absolute atomic E-state index is 0.0498. The van der Waals surface area contributed by atoms with Gasteiger partial charge in [-0.1, -0.05) is 6.07 Å². The number of nitrogens with zero attached hydrogens (tertiary/aromatic N) is 1. The quantitative estimate of drug-likeness (QED) is 0.0568. The Hall–Kier alpha value is -4.66. The van der Waals surface area contributed by atoms with Crippen molar-refractivity contribution in [2.75, 3.05) is 13.7 Å². The Morgan fingerprint density at radius 2 is 1.58 bits per heavy atom. The van der Waals surface area contributed by atoms with E-state index in [1.807, 2.05) is 0 Å². The summed E-state index contributed by atoms with van der Waals surface area (Å²) < 4.78 is 90.3. The number of nitro benzene ring substituents is 1. The lowest BCUT2D eigenvalue weighted by Gasteiger charge is -2.38. The molecule has 1 aliphatic heterocycles. The smallest absolute Gasteiger partial charge is 0.407 e. The minimum Gasteiger partial charge on any atom is -0.467 e. The molecule has 234 valence electrons. The number of carbonyl (C=O) groups excluding carboxylic acids is 3. The predicted molar refractivity (Wildman–Crippen MR) is 122 cm³/mol. The third kappa shape index (κ3) is 7.23. The Balaban J connectivity index is 1.61. The number of nitro groups is 1. The Morgan fingerprint density at radius 1 is 0.977 bits per heavy atom. The van der Waals surface area contributed by atoms with E-state index in [-0.39, 0.29) is 5.56 Å². The van der Waals surface area contributed by atoms with Crippen LogP contribution in [0.25, 0.3) is 0 Å². The van der Waals surface area contributed by atoms with Gasteiger partial charge in [-0.2, -0.15) is 8.78 Å². The molecule has 0 radical (unpaired) electrons. The lowest BCUT2D eigenvalue weighted by atomic mass is 9.99. The lowest BCUT2D eigenvalue weighted by Crippen LogP contribution is -2.61. The summed E-state index contributed by atoms with van der Waals surface area (Å²) in [4.78, 5) is 46.0. The van der Waals surface area contributed by atoms with Crippen molar-refractivity contribution in [1.29, 1.82) is 0 Å². The van der Waals surface area contributed by atoms with Crippen molar-refractivity contribution in [3.05, 3.63) is 63.0 Å². The highest BCUT2D eigenvalue weighted by atomic mass is 19.2. The molecule has 0 bridgehead atoms. The largest absolute Gasteiger partial charge is 0.467 e. The first kappa shape index (κ1) is 32.8. The SMILES string of the molecule is COC(=O)[C@H]1O[C@@H](Oc2ccc(COC(=O)NCC(=O)Oc3c(F)c(F)c(F)c(F)c3F)cc2[N+](=O)[O-])[C@H](O)[C@@H](O)[C@@H]1O. The van der Waals surface area contributed by atoms with Gasteiger partial charge in [-0.3, -0.25) is 10.1 Å². The molecule has 1 fully saturated rings. The predicted octanol–water partition coefficient (Wildman–Crippen LogP) is 0.481. The second-order valence-electron chi connectivity index (χ2n) is 8.40. The number of benzene rings is 2. The molecule has 0 aliphatic carbocycles. The zero-order chi connectivity index (χ0) is 32.2. The number of nitrogens with one attached hydrogen (secondary N) is 1. The van der Waals surface area contributed by atoms with Crippen LogP contribution in [0.1, 0.15) is 5.56 Å². The van der Waals surface area contributed by atoms with Gasteiger partial charge in [0.1, 0.15) is 31.5 Å². The number of alkyl carbamates (subject to hydrolysis) is 1. The molecule has 0 saturated carbocycles. The van der Waals surface area contributed by atoms with Gasteiger partial charge in [-0.25, -0.2) is 27.6 Å². The lowest BCUT2D eigenvalue weighted by molar-refractivity contribution is -0.387. The van der Waals surface area contributed by atoms with Crippen LogP contribution < -0.4 is 14.8 Å². The van der Waals surface area contributed by atoms with Gasteiger partial charge >= 0.3 is 23.7 Å². The third-order valence-corrected chi connectivity index (χ3v) is 5.60. The number of amides is 1. The van der Waals surface area contributed by atoms with Crippen LogP contribution in [0.15, 0.2) is 18.2 Å². The van der Waals surface area contributed by atoms with Gasteiger partial charge in [0.05, 0.1) is 12.0 Å². The molecule has 0 aromatic heterocycles. The number of aliphatic hydroxyl groups is 3. The average molecular weight is 626 g/mol. The average Bonchev–Trinajstić information content (AvgIpc) is 2.99. The molecule has 1 heterocycles. The van der Waals surface area contributed by atoms with Crippen LogP contribution >= 0.6 is 0 Å². The minimum atomic E-state index is -2.48. The molecular formula is C23H19F5N2O13. The third-order valence-electron chi connectivity index (χ3n) is 5.60. The van der Waals surface area contributed by atoms with E-state index in [1.54, 1.807) is 5.32 Å². The first-order valence-corrected chi connectivity index (χ1v) is 11.5. The number of hydrogen-bond donors (Lipinski definition) is 4. The maximum Gasteiger partial charge on any atom is 0.407 e. The van der Waals surface area contributed by atoms with Crippen LogP contribution in [0.4, 0.5) is 32.4 Å². The second kappa shape index (κ2) is 13.5. The van der Waals surface area contributed by atoms with E-state index in [9.17, 15) is 61.8 Å². The summed E-state index contributed by atoms with van der Waals surface area (Å²) in [5.74, 6) is -17.3. The number of hydrogen-bond acceptors (Lipinski definition) is 13. The molecule has 20 heteroatoms.